The van der Waals surface area contributed by atoms with E-state index in [2.05, 4.69) is 17.2 Å². The van der Waals surface area contributed by atoms with E-state index in [4.69, 9.17) is 0 Å². The molecule has 0 saturated heterocycles. The van der Waals surface area contributed by atoms with Crippen LogP contribution in [0.5, 0.6) is 0 Å². The zero-order chi connectivity index (χ0) is 11.4. The highest BCUT2D eigenvalue weighted by Crippen LogP contribution is 2.27. The van der Waals surface area contributed by atoms with Crippen molar-refractivity contribution in [3.8, 4) is 0 Å². The zero-order valence-electron chi connectivity index (χ0n) is 9.72. The molecule has 0 aromatic carbocycles. The molecule has 4 nitrogen and oxygen atoms in total. The van der Waals surface area contributed by atoms with Crippen molar-refractivity contribution in [2.45, 2.75) is 32.6 Å². The van der Waals surface area contributed by atoms with Gasteiger partial charge in [0, 0.05) is 18.9 Å². The lowest BCUT2D eigenvalue weighted by Gasteiger charge is -2.26. The van der Waals surface area contributed by atoms with Gasteiger partial charge in [0.15, 0.2) is 0 Å². The maximum absolute atomic E-state index is 11.6. The van der Waals surface area contributed by atoms with E-state index in [9.17, 15) is 4.79 Å². The van der Waals surface area contributed by atoms with Gasteiger partial charge in [0.05, 0.1) is 0 Å². The average Bonchev–Trinajstić information content (AvgIpc) is 2.79. The summed E-state index contributed by atoms with van der Waals surface area (Å²) in [5.41, 5.74) is 0. The van der Waals surface area contributed by atoms with Crippen molar-refractivity contribution < 1.29 is 4.79 Å². The van der Waals surface area contributed by atoms with Crippen LogP contribution in [0.4, 0.5) is 4.79 Å². The molecule has 4 heteroatoms. The summed E-state index contributed by atoms with van der Waals surface area (Å²) >= 11 is 0. The van der Waals surface area contributed by atoms with Crippen LogP contribution in [0.15, 0.2) is 18.7 Å². The maximum atomic E-state index is 11.6. The molecule has 1 N–H and O–H groups in total. The highest BCUT2D eigenvalue weighted by atomic mass is 16.2. The summed E-state index contributed by atoms with van der Waals surface area (Å²) in [6, 6.07) is -0.0734. The number of amides is 1. The maximum Gasteiger partial charge on any atom is 0.326 e. The number of hydrogen-bond acceptors (Lipinski definition) is 2. The zero-order valence-corrected chi connectivity index (χ0v) is 9.72. The van der Waals surface area contributed by atoms with Gasteiger partial charge in [-0.1, -0.05) is 19.8 Å². The number of nitrogens with zero attached hydrogens (tertiary/aromatic N) is 2. The van der Waals surface area contributed by atoms with Crippen molar-refractivity contribution in [3.05, 3.63) is 18.7 Å². The molecule has 88 valence electrons. The van der Waals surface area contributed by atoms with Crippen LogP contribution in [-0.2, 0) is 0 Å². The number of imidazole rings is 1. The van der Waals surface area contributed by atoms with Crippen LogP contribution in [0, 0.1) is 11.8 Å². The number of nitrogens with one attached hydrogen (secondary N) is 1. The van der Waals surface area contributed by atoms with Crippen molar-refractivity contribution in [1.82, 2.24) is 14.9 Å². The fourth-order valence-corrected chi connectivity index (χ4v) is 2.45. The molecule has 0 bridgehead atoms. The van der Waals surface area contributed by atoms with Gasteiger partial charge in [0.1, 0.15) is 6.33 Å². The first-order valence-corrected chi connectivity index (χ1v) is 6.02. The van der Waals surface area contributed by atoms with E-state index in [1.54, 1.807) is 12.4 Å². The fraction of sp³-hybridized carbons (Fsp3) is 0.667. The Balaban J connectivity index is 1.77. The Labute approximate surface area is 96.1 Å². The van der Waals surface area contributed by atoms with Crippen molar-refractivity contribution in [2.24, 2.45) is 11.8 Å². The van der Waals surface area contributed by atoms with Crippen molar-refractivity contribution in [2.75, 3.05) is 6.54 Å². The molecule has 0 spiro atoms. The summed E-state index contributed by atoms with van der Waals surface area (Å²) in [6.07, 6.45) is 9.93. The molecule has 1 aliphatic carbocycles. The third kappa shape index (κ3) is 2.84. The number of carbonyl (C=O) groups excluding carboxylic acids is 1. The first-order valence-electron chi connectivity index (χ1n) is 6.02. The minimum atomic E-state index is -0.0734. The van der Waals surface area contributed by atoms with Gasteiger partial charge in [0.2, 0.25) is 0 Å². The molecule has 1 aliphatic rings. The van der Waals surface area contributed by atoms with Crippen molar-refractivity contribution in [1.29, 1.82) is 0 Å². The first kappa shape index (κ1) is 11.2. The summed E-state index contributed by atoms with van der Waals surface area (Å²) in [5.74, 6) is 1.46. The number of rotatable bonds is 2. The Kier molecular flexibility index (Phi) is 3.59. The summed E-state index contributed by atoms with van der Waals surface area (Å²) in [4.78, 5) is 15.5. The molecule has 2 rings (SSSR count). The van der Waals surface area contributed by atoms with Crippen LogP contribution in [-0.4, -0.2) is 22.1 Å². The highest BCUT2D eigenvalue weighted by molar-refractivity contribution is 5.76. The molecule has 1 saturated carbocycles. The Hall–Kier alpha value is -1.32. The molecule has 1 amide bonds. The van der Waals surface area contributed by atoms with Gasteiger partial charge in [-0.2, -0.15) is 0 Å². The lowest BCUT2D eigenvalue weighted by molar-refractivity contribution is 0.232. The second-order valence-electron chi connectivity index (χ2n) is 4.79. The summed E-state index contributed by atoms with van der Waals surface area (Å²) in [7, 11) is 0. The van der Waals surface area contributed by atoms with E-state index in [0.717, 1.165) is 12.5 Å². The molecule has 1 aromatic heterocycles. The van der Waals surface area contributed by atoms with Crippen LogP contribution in [0.3, 0.4) is 0 Å². The molecule has 1 fully saturated rings. The van der Waals surface area contributed by atoms with Crippen molar-refractivity contribution >= 4 is 6.03 Å². The summed E-state index contributed by atoms with van der Waals surface area (Å²) < 4.78 is 1.48. The van der Waals surface area contributed by atoms with E-state index >= 15 is 0 Å². The molecule has 1 aromatic rings. The van der Waals surface area contributed by atoms with Crippen LogP contribution in [0.2, 0.25) is 0 Å². The van der Waals surface area contributed by atoms with Crippen LogP contribution >= 0.6 is 0 Å². The van der Waals surface area contributed by atoms with Gasteiger partial charge in [-0.3, -0.25) is 4.57 Å². The quantitative estimate of drug-likeness (QED) is 0.832. The number of carbonyl (C=O) groups is 1. The van der Waals surface area contributed by atoms with Crippen molar-refractivity contribution in [3.63, 3.8) is 0 Å². The predicted octanol–water partition coefficient (Wildman–Crippen LogP) is 2.27. The molecular formula is C12H19N3O. The summed E-state index contributed by atoms with van der Waals surface area (Å²) in [6.45, 7) is 3.09. The second-order valence-corrected chi connectivity index (χ2v) is 4.79. The normalized spacial score (nSPS) is 25.3. The third-order valence-corrected chi connectivity index (χ3v) is 3.33. The Morgan fingerprint density at radius 2 is 2.44 bits per heavy atom. The highest BCUT2D eigenvalue weighted by Gasteiger charge is 2.19. The van der Waals surface area contributed by atoms with Gasteiger partial charge in [-0.25, -0.2) is 9.78 Å². The fourth-order valence-electron chi connectivity index (χ4n) is 2.45. The third-order valence-electron chi connectivity index (χ3n) is 3.33. The smallest absolute Gasteiger partial charge is 0.326 e. The lowest BCUT2D eigenvalue weighted by atomic mass is 9.82. The average molecular weight is 221 g/mol. The monoisotopic (exact) mass is 221 g/mol. The first-order chi connectivity index (χ1) is 7.75. The van der Waals surface area contributed by atoms with Crippen LogP contribution in [0.1, 0.15) is 32.6 Å². The Bertz CT molecular complexity index is 334. The Morgan fingerprint density at radius 3 is 3.12 bits per heavy atom. The molecule has 2 unspecified atom stereocenters. The van der Waals surface area contributed by atoms with E-state index in [1.165, 1.54) is 36.6 Å². The molecule has 16 heavy (non-hydrogen) atoms. The number of aromatic nitrogens is 2. The minimum Gasteiger partial charge on any atom is -0.337 e. The predicted molar refractivity (Wildman–Crippen MR) is 62.1 cm³/mol. The standard InChI is InChI=1S/C12H19N3O/c1-10-3-2-4-11(7-10)8-14-12(16)15-6-5-13-9-15/h5-6,9-11H,2-4,7-8H2,1H3,(H,14,16). The Morgan fingerprint density at radius 1 is 1.56 bits per heavy atom. The largest absolute Gasteiger partial charge is 0.337 e. The van der Waals surface area contributed by atoms with Crippen LogP contribution < -0.4 is 5.32 Å². The topological polar surface area (TPSA) is 46.9 Å². The van der Waals surface area contributed by atoms with E-state index < -0.39 is 0 Å². The minimum absolute atomic E-state index is 0.0734. The molecule has 0 radical (unpaired) electrons. The second kappa shape index (κ2) is 5.14. The van der Waals surface area contributed by atoms with Crippen LogP contribution in [0.25, 0.3) is 0 Å². The molecule has 2 atom stereocenters. The summed E-state index contributed by atoms with van der Waals surface area (Å²) in [5, 5.41) is 2.96. The van der Waals surface area contributed by atoms with Gasteiger partial charge >= 0.3 is 6.03 Å². The van der Waals surface area contributed by atoms with Gasteiger partial charge in [-0.05, 0) is 24.7 Å². The van der Waals surface area contributed by atoms with E-state index in [0.29, 0.717) is 5.92 Å². The molecule has 1 heterocycles. The van der Waals surface area contributed by atoms with Gasteiger partial charge in [0.25, 0.3) is 0 Å². The van der Waals surface area contributed by atoms with E-state index in [-0.39, 0.29) is 6.03 Å². The molecule has 0 aliphatic heterocycles. The van der Waals surface area contributed by atoms with Gasteiger partial charge < -0.3 is 5.32 Å². The van der Waals surface area contributed by atoms with E-state index in [1.807, 2.05) is 0 Å². The van der Waals surface area contributed by atoms with Gasteiger partial charge in [-0.15, -0.1) is 0 Å². The SMILES string of the molecule is CC1CCCC(CNC(=O)n2ccnc2)C1. The molecular weight excluding hydrogens is 202 g/mol. The lowest BCUT2D eigenvalue weighted by Crippen LogP contribution is -2.33. The number of hydrogen-bond donors (Lipinski definition) is 1.